The summed E-state index contributed by atoms with van der Waals surface area (Å²) in [7, 11) is -2.06. The molecule has 0 aliphatic heterocycles. The van der Waals surface area contributed by atoms with Gasteiger partial charge in [-0.3, -0.25) is 9.10 Å². The highest BCUT2D eigenvalue weighted by molar-refractivity contribution is 7.92. The first-order valence-electron chi connectivity index (χ1n) is 6.80. The Balaban J connectivity index is 2.39. The molecular weight excluding hydrogens is 336 g/mol. The normalized spacial score (nSPS) is 11.1. The van der Waals surface area contributed by atoms with Crippen molar-refractivity contribution in [3.05, 3.63) is 58.6 Å². The van der Waals surface area contributed by atoms with Crippen LogP contribution in [0.4, 0.5) is 11.4 Å². The highest BCUT2D eigenvalue weighted by Crippen LogP contribution is 2.25. The van der Waals surface area contributed by atoms with Crippen LogP contribution >= 0.6 is 11.6 Å². The van der Waals surface area contributed by atoms with E-state index >= 15 is 0 Å². The Morgan fingerprint density at radius 3 is 2.48 bits per heavy atom. The van der Waals surface area contributed by atoms with Crippen LogP contribution in [0.15, 0.2) is 42.5 Å². The van der Waals surface area contributed by atoms with E-state index in [1.54, 1.807) is 42.5 Å². The summed E-state index contributed by atoms with van der Waals surface area (Å²) in [5, 5.41) is 3.28. The zero-order valence-electron chi connectivity index (χ0n) is 13.0. The van der Waals surface area contributed by atoms with Crippen LogP contribution in [0.3, 0.4) is 0 Å². The summed E-state index contributed by atoms with van der Waals surface area (Å²) in [6, 6.07) is 11.7. The van der Waals surface area contributed by atoms with Crippen LogP contribution in [-0.2, 0) is 10.0 Å². The molecular formula is C16H17ClN2O3S. The van der Waals surface area contributed by atoms with Crippen molar-refractivity contribution in [3.63, 3.8) is 0 Å². The number of halogens is 1. The Kier molecular flexibility index (Phi) is 4.97. The number of hydrogen-bond donors (Lipinski definition) is 1. The summed E-state index contributed by atoms with van der Waals surface area (Å²) in [4.78, 5) is 12.6. The van der Waals surface area contributed by atoms with Crippen LogP contribution in [0.5, 0.6) is 0 Å². The van der Waals surface area contributed by atoms with Gasteiger partial charge in [0.25, 0.3) is 5.91 Å². The zero-order chi connectivity index (χ0) is 17.2. The van der Waals surface area contributed by atoms with E-state index in [-0.39, 0.29) is 5.56 Å². The molecule has 0 saturated carbocycles. The second kappa shape index (κ2) is 6.60. The molecule has 2 aromatic carbocycles. The third-order valence-electron chi connectivity index (χ3n) is 3.43. The number of para-hydroxylation sites is 1. The SMILES string of the molecule is Cc1ccc(Cl)cc1NC(=O)c1ccccc1N(C)S(C)(=O)=O. The van der Waals surface area contributed by atoms with Crippen molar-refractivity contribution in [1.29, 1.82) is 0 Å². The minimum Gasteiger partial charge on any atom is -0.322 e. The van der Waals surface area contributed by atoms with Crippen LogP contribution in [-0.4, -0.2) is 27.6 Å². The molecule has 0 aliphatic rings. The van der Waals surface area contributed by atoms with Gasteiger partial charge in [-0.15, -0.1) is 0 Å². The maximum Gasteiger partial charge on any atom is 0.257 e. The molecule has 0 bridgehead atoms. The molecule has 1 N–H and O–H groups in total. The van der Waals surface area contributed by atoms with Gasteiger partial charge in [0.1, 0.15) is 0 Å². The van der Waals surface area contributed by atoms with E-state index in [9.17, 15) is 13.2 Å². The first-order valence-corrected chi connectivity index (χ1v) is 9.03. The maximum atomic E-state index is 12.6. The van der Waals surface area contributed by atoms with Gasteiger partial charge in [-0.25, -0.2) is 8.42 Å². The quantitative estimate of drug-likeness (QED) is 0.918. The molecule has 23 heavy (non-hydrogen) atoms. The molecule has 0 fully saturated rings. The van der Waals surface area contributed by atoms with Gasteiger partial charge in [-0.1, -0.05) is 29.8 Å². The summed E-state index contributed by atoms with van der Waals surface area (Å²) in [6.45, 7) is 1.85. The first-order chi connectivity index (χ1) is 10.7. The van der Waals surface area contributed by atoms with E-state index in [1.165, 1.54) is 7.05 Å². The van der Waals surface area contributed by atoms with Gasteiger partial charge in [-0.2, -0.15) is 0 Å². The Morgan fingerprint density at radius 1 is 1.17 bits per heavy atom. The lowest BCUT2D eigenvalue weighted by molar-refractivity contribution is 0.102. The molecule has 0 aliphatic carbocycles. The van der Waals surface area contributed by atoms with E-state index in [0.29, 0.717) is 16.4 Å². The first kappa shape index (κ1) is 17.3. The molecule has 2 rings (SSSR count). The van der Waals surface area contributed by atoms with Crippen LogP contribution in [0.1, 0.15) is 15.9 Å². The number of rotatable bonds is 4. The number of anilines is 2. The van der Waals surface area contributed by atoms with E-state index in [4.69, 9.17) is 11.6 Å². The predicted molar refractivity (Wildman–Crippen MR) is 93.8 cm³/mol. The number of carbonyl (C=O) groups is 1. The molecule has 122 valence electrons. The molecule has 5 nitrogen and oxygen atoms in total. The fraction of sp³-hybridized carbons (Fsp3) is 0.188. The molecule has 0 atom stereocenters. The summed E-state index contributed by atoms with van der Waals surface area (Å²) in [5.74, 6) is -0.401. The molecule has 0 radical (unpaired) electrons. The van der Waals surface area contributed by atoms with Crippen molar-refractivity contribution >= 4 is 38.9 Å². The maximum absolute atomic E-state index is 12.6. The van der Waals surface area contributed by atoms with Gasteiger partial charge in [0.15, 0.2) is 0 Å². The molecule has 0 heterocycles. The minimum absolute atomic E-state index is 0.264. The van der Waals surface area contributed by atoms with Gasteiger partial charge in [0, 0.05) is 17.8 Å². The summed E-state index contributed by atoms with van der Waals surface area (Å²) in [6.07, 6.45) is 1.09. The monoisotopic (exact) mass is 352 g/mol. The van der Waals surface area contributed by atoms with Gasteiger partial charge < -0.3 is 5.32 Å². The fourth-order valence-corrected chi connectivity index (χ4v) is 2.73. The number of benzene rings is 2. The standard InChI is InChI=1S/C16H17ClN2O3S/c1-11-8-9-12(17)10-14(11)18-16(20)13-6-4-5-7-15(13)19(2)23(3,21)22/h4-10H,1-3H3,(H,18,20). The second-order valence-corrected chi connectivity index (χ2v) is 7.61. The van der Waals surface area contributed by atoms with Gasteiger partial charge >= 0.3 is 0 Å². The van der Waals surface area contributed by atoms with Crippen LogP contribution in [0, 0.1) is 6.92 Å². The number of nitrogens with one attached hydrogen (secondary N) is 1. The number of hydrogen-bond acceptors (Lipinski definition) is 3. The van der Waals surface area contributed by atoms with Crippen molar-refractivity contribution in [2.45, 2.75) is 6.92 Å². The average Bonchev–Trinajstić information content (AvgIpc) is 2.49. The molecule has 1 amide bonds. The fourth-order valence-electron chi connectivity index (χ4n) is 2.04. The van der Waals surface area contributed by atoms with Crippen molar-refractivity contribution in [3.8, 4) is 0 Å². The van der Waals surface area contributed by atoms with E-state index in [2.05, 4.69) is 5.32 Å². The van der Waals surface area contributed by atoms with Crippen molar-refractivity contribution in [1.82, 2.24) is 0 Å². The van der Waals surface area contributed by atoms with Crippen molar-refractivity contribution in [2.75, 3.05) is 22.9 Å². The summed E-state index contributed by atoms with van der Waals surface area (Å²) in [5.41, 5.74) is 2.02. The summed E-state index contributed by atoms with van der Waals surface area (Å²) < 4.78 is 24.6. The van der Waals surface area contributed by atoms with Crippen molar-refractivity contribution in [2.24, 2.45) is 0 Å². The Bertz CT molecular complexity index is 850. The molecule has 0 saturated heterocycles. The molecule has 0 unspecified atom stereocenters. The molecule has 0 spiro atoms. The lowest BCUT2D eigenvalue weighted by Gasteiger charge is -2.20. The van der Waals surface area contributed by atoms with Crippen molar-refractivity contribution < 1.29 is 13.2 Å². The third-order valence-corrected chi connectivity index (χ3v) is 4.86. The van der Waals surface area contributed by atoms with Crippen LogP contribution < -0.4 is 9.62 Å². The molecule has 7 heteroatoms. The lowest BCUT2D eigenvalue weighted by atomic mass is 10.1. The Labute approximate surface area is 140 Å². The number of nitrogens with zero attached hydrogens (tertiary/aromatic N) is 1. The van der Waals surface area contributed by atoms with Crippen LogP contribution in [0.2, 0.25) is 5.02 Å². The van der Waals surface area contributed by atoms with Gasteiger partial charge in [0.05, 0.1) is 17.5 Å². The van der Waals surface area contributed by atoms with E-state index in [1.807, 2.05) is 6.92 Å². The number of amides is 1. The second-order valence-electron chi connectivity index (χ2n) is 5.16. The Morgan fingerprint density at radius 2 is 1.83 bits per heavy atom. The average molecular weight is 353 g/mol. The Hall–Kier alpha value is -2.05. The number of aryl methyl sites for hydroxylation is 1. The number of sulfonamides is 1. The molecule has 0 aromatic heterocycles. The van der Waals surface area contributed by atoms with E-state index < -0.39 is 15.9 Å². The van der Waals surface area contributed by atoms with Gasteiger partial charge in [-0.05, 0) is 36.8 Å². The predicted octanol–water partition coefficient (Wildman–Crippen LogP) is 3.30. The highest BCUT2D eigenvalue weighted by atomic mass is 35.5. The smallest absolute Gasteiger partial charge is 0.257 e. The minimum atomic E-state index is -3.47. The van der Waals surface area contributed by atoms with Gasteiger partial charge in [0.2, 0.25) is 10.0 Å². The summed E-state index contributed by atoms with van der Waals surface area (Å²) >= 11 is 5.95. The number of carbonyl (C=O) groups excluding carboxylic acids is 1. The largest absolute Gasteiger partial charge is 0.322 e. The lowest BCUT2D eigenvalue weighted by Crippen LogP contribution is -2.27. The topological polar surface area (TPSA) is 66.5 Å². The highest BCUT2D eigenvalue weighted by Gasteiger charge is 2.19. The third kappa shape index (κ3) is 4.03. The zero-order valence-corrected chi connectivity index (χ0v) is 14.6. The van der Waals surface area contributed by atoms with Crippen LogP contribution in [0.25, 0.3) is 0 Å². The molecule has 2 aromatic rings. The van der Waals surface area contributed by atoms with E-state index in [0.717, 1.165) is 16.1 Å².